The minimum atomic E-state index is -0.339. The summed E-state index contributed by atoms with van der Waals surface area (Å²) in [4.78, 5) is 24.7. The van der Waals surface area contributed by atoms with Crippen LogP contribution >= 0.6 is 0 Å². The summed E-state index contributed by atoms with van der Waals surface area (Å²) in [6.45, 7) is 3.67. The first-order valence-corrected chi connectivity index (χ1v) is 11.0. The maximum Gasteiger partial charge on any atom is 0.233 e. The molecule has 3 heterocycles. The molecule has 1 atom stereocenters. The number of nitrogens with zero attached hydrogens (tertiary/aromatic N) is 4. The molecule has 0 bridgehead atoms. The Labute approximate surface area is 177 Å². The lowest BCUT2D eigenvalue weighted by Crippen LogP contribution is -2.44. The summed E-state index contributed by atoms with van der Waals surface area (Å²) in [7, 11) is 0. The second-order valence-corrected chi connectivity index (χ2v) is 8.68. The van der Waals surface area contributed by atoms with E-state index in [0.717, 1.165) is 62.3 Å². The number of aromatic nitrogens is 3. The third kappa shape index (κ3) is 3.13. The van der Waals surface area contributed by atoms with Crippen LogP contribution in [0.15, 0.2) is 61.1 Å². The van der Waals surface area contributed by atoms with Crippen molar-refractivity contribution in [3.8, 4) is 11.4 Å². The third-order valence-electron chi connectivity index (χ3n) is 6.93. The lowest BCUT2D eigenvalue weighted by Gasteiger charge is -2.33. The van der Waals surface area contributed by atoms with E-state index in [1.807, 2.05) is 24.4 Å². The molecule has 1 aliphatic carbocycles. The van der Waals surface area contributed by atoms with Gasteiger partial charge in [0.2, 0.25) is 5.91 Å². The topological polar surface area (TPSA) is 51.0 Å². The molecule has 1 unspecified atom stereocenters. The van der Waals surface area contributed by atoms with Gasteiger partial charge in [-0.05, 0) is 43.9 Å². The Balaban J connectivity index is 1.42. The summed E-state index contributed by atoms with van der Waals surface area (Å²) in [5.41, 5.74) is 3.06. The number of amides is 1. The van der Waals surface area contributed by atoms with Crippen molar-refractivity contribution in [1.29, 1.82) is 0 Å². The lowest BCUT2D eigenvalue weighted by atomic mass is 9.77. The molecule has 154 valence electrons. The predicted molar refractivity (Wildman–Crippen MR) is 117 cm³/mol. The highest BCUT2D eigenvalue weighted by Gasteiger charge is 2.46. The first-order chi connectivity index (χ1) is 14.7. The normalized spacial score (nSPS) is 20.6. The standard InChI is InChI=1S/C25H28N4O/c1-19-17-27-23(20-9-14-26-15-10-20)29(19)22-11-16-28(18-22)24(30)25(12-5-6-13-25)21-7-3-2-4-8-21/h2-4,7-10,14-15,17,22H,5-6,11-13,16,18H2,1H3. The fourth-order valence-corrected chi connectivity index (χ4v) is 5.42. The van der Waals surface area contributed by atoms with Gasteiger partial charge in [0.25, 0.3) is 0 Å². The van der Waals surface area contributed by atoms with Gasteiger partial charge < -0.3 is 9.47 Å². The molecule has 2 aromatic heterocycles. The van der Waals surface area contributed by atoms with E-state index in [9.17, 15) is 4.79 Å². The van der Waals surface area contributed by atoms with Gasteiger partial charge in [-0.25, -0.2) is 4.98 Å². The molecule has 3 aromatic rings. The van der Waals surface area contributed by atoms with Crippen molar-refractivity contribution in [1.82, 2.24) is 19.4 Å². The zero-order valence-electron chi connectivity index (χ0n) is 17.5. The number of aryl methyl sites for hydroxylation is 1. The maximum atomic E-state index is 13.8. The van der Waals surface area contributed by atoms with Crippen molar-refractivity contribution in [2.75, 3.05) is 13.1 Å². The molecule has 2 fully saturated rings. The van der Waals surface area contributed by atoms with Crippen LogP contribution in [-0.2, 0) is 10.2 Å². The molecule has 1 saturated carbocycles. The van der Waals surface area contributed by atoms with Crippen molar-refractivity contribution < 1.29 is 4.79 Å². The molecular weight excluding hydrogens is 372 g/mol. The van der Waals surface area contributed by atoms with E-state index in [1.54, 1.807) is 12.4 Å². The molecule has 1 saturated heterocycles. The summed E-state index contributed by atoms with van der Waals surface area (Å²) in [5.74, 6) is 1.28. The summed E-state index contributed by atoms with van der Waals surface area (Å²) >= 11 is 0. The van der Waals surface area contributed by atoms with Gasteiger partial charge in [-0.3, -0.25) is 9.78 Å². The Morgan fingerprint density at radius 1 is 1.07 bits per heavy atom. The summed E-state index contributed by atoms with van der Waals surface area (Å²) in [6, 6.07) is 14.7. The summed E-state index contributed by atoms with van der Waals surface area (Å²) < 4.78 is 2.31. The van der Waals surface area contributed by atoms with Crippen LogP contribution in [-0.4, -0.2) is 38.4 Å². The number of rotatable bonds is 4. The van der Waals surface area contributed by atoms with Gasteiger partial charge in [0.1, 0.15) is 5.82 Å². The second-order valence-electron chi connectivity index (χ2n) is 8.68. The number of pyridine rings is 1. The van der Waals surface area contributed by atoms with Gasteiger partial charge in [-0.2, -0.15) is 0 Å². The Bertz CT molecular complexity index is 1020. The van der Waals surface area contributed by atoms with Crippen molar-refractivity contribution in [3.63, 3.8) is 0 Å². The number of likely N-dealkylation sites (tertiary alicyclic amines) is 1. The molecule has 30 heavy (non-hydrogen) atoms. The molecule has 5 heteroatoms. The monoisotopic (exact) mass is 400 g/mol. The zero-order valence-corrected chi connectivity index (χ0v) is 17.5. The second kappa shape index (κ2) is 7.71. The van der Waals surface area contributed by atoms with Crippen LogP contribution in [0.2, 0.25) is 0 Å². The van der Waals surface area contributed by atoms with Gasteiger partial charge in [0.05, 0.1) is 11.5 Å². The average Bonchev–Trinajstić information content (AvgIpc) is 3.54. The fraction of sp³-hybridized carbons (Fsp3) is 0.400. The van der Waals surface area contributed by atoms with Crippen molar-refractivity contribution in [2.45, 2.75) is 50.5 Å². The van der Waals surface area contributed by atoms with E-state index in [2.05, 4.69) is 50.6 Å². The van der Waals surface area contributed by atoms with Gasteiger partial charge in [-0.15, -0.1) is 0 Å². The molecule has 5 rings (SSSR count). The van der Waals surface area contributed by atoms with Gasteiger partial charge >= 0.3 is 0 Å². The smallest absolute Gasteiger partial charge is 0.233 e. The number of carbonyl (C=O) groups excluding carboxylic acids is 1. The minimum Gasteiger partial charge on any atom is -0.340 e. The molecule has 1 aromatic carbocycles. The predicted octanol–water partition coefficient (Wildman–Crippen LogP) is 4.54. The number of hydrogen-bond donors (Lipinski definition) is 0. The Kier molecular flexibility index (Phi) is 4.89. The molecular formula is C25H28N4O. The van der Waals surface area contributed by atoms with Crippen molar-refractivity contribution in [2.24, 2.45) is 0 Å². The van der Waals surface area contributed by atoms with Crippen LogP contribution < -0.4 is 0 Å². The highest BCUT2D eigenvalue weighted by atomic mass is 16.2. The SMILES string of the molecule is Cc1cnc(-c2ccncc2)n1C1CCN(C(=O)C2(c3ccccc3)CCCC2)C1. The molecule has 1 aliphatic heterocycles. The number of carbonyl (C=O) groups is 1. The summed E-state index contributed by atoms with van der Waals surface area (Å²) in [6.07, 6.45) is 10.7. The molecule has 5 nitrogen and oxygen atoms in total. The Morgan fingerprint density at radius 3 is 2.53 bits per heavy atom. The maximum absolute atomic E-state index is 13.8. The minimum absolute atomic E-state index is 0.258. The van der Waals surface area contributed by atoms with Gasteiger partial charge in [0.15, 0.2) is 0 Å². The highest BCUT2D eigenvalue weighted by molar-refractivity contribution is 5.89. The Morgan fingerprint density at radius 2 is 1.80 bits per heavy atom. The van der Waals surface area contributed by atoms with Crippen molar-refractivity contribution in [3.05, 3.63) is 72.3 Å². The molecule has 2 aliphatic rings. The first-order valence-electron chi connectivity index (χ1n) is 11.0. The number of benzene rings is 1. The average molecular weight is 401 g/mol. The van der Waals surface area contributed by atoms with Crippen LogP contribution in [0, 0.1) is 6.92 Å². The molecule has 0 radical (unpaired) electrons. The van der Waals surface area contributed by atoms with Gasteiger partial charge in [0, 0.05) is 42.9 Å². The quantitative estimate of drug-likeness (QED) is 0.646. The lowest BCUT2D eigenvalue weighted by molar-refractivity contribution is -0.136. The molecule has 1 amide bonds. The van der Waals surface area contributed by atoms with E-state index in [1.165, 1.54) is 5.56 Å². The van der Waals surface area contributed by atoms with E-state index in [0.29, 0.717) is 5.91 Å². The van der Waals surface area contributed by atoms with Crippen LogP contribution in [0.1, 0.15) is 49.4 Å². The molecule has 0 spiro atoms. The zero-order chi connectivity index (χ0) is 20.6. The van der Waals surface area contributed by atoms with Crippen LogP contribution in [0.25, 0.3) is 11.4 Å². The highest BCUT2D eigenvalue weighted by Crippen LogP contribution is 2.44. The molecule has 0 N–H and O–H groups in total. The van der Waals surface area contributed by atoms with Crippen LogP contribution in [0.4, 0.5) is 0 Å². The van der Waals surface area contributed by atoms with E-state index in [-0.39, 0.29) is 11.5 Å². The summed E-state index contributed by atoms with van der Waals surface area (Å²) in [5, 5.41) is 0. The van der Waals surface area contributed by atoms with E-state index in [4.69, 9.17) is 0 Å². The fourth-order valence-electron chi connectivity index (χ4n) is 5.42. The van der Waals surface area contributed by atoms with E-state index >= 15 is 0 Å². The third-order valence-corrected chi connectivity index (χ3v) is 6.93. The van der Waals surface area contributed by atoms with Crippen molar-refractivity contribution >= 4 is 5.91 Å². The Hall–Kier alpha value is -2.95. The number of hydrogen-bond acceptors (Lipinski definition) is 3. The first kappa shape index (κ1) is 19.0. The van der Waals surface area contributed by atoms with Gasteiger partial charge in [-0.1, -0.05) is 43.2 Å². The number of imidazole rings is 1. The van der Waals surface area contributed by atoms with Crippen LogP contribution in [0.5, 0.6) is 0 Å². The largest absolute Gasteiger partial charge is 0.340 e. The van der Waals surface area contributed by atoms with E-state index < -0.39 is 0 Å². The van der Waals surface area contributed by atoms with Crippen LogP contribution in [0.3, 0.4) is 0 Å².